The molecule has 3 N–H and O–H groups in total. The van der Waals surface area contributed by atoms with Crippen LogP contribution in [0, 0.1) is 0 Å². The number of imidazole rings is 1. The van der Waals surface area contributed by atoms with Crippen molar-refractivity contribution in [1.82, 2.24) is 24.6 Å². The first-order valence-corrected chi connectivity index (χ1v) is 13.1. The number of para-hydroxylation sites is 1. The Morgan fingerprint density at radius 3 is 2.63 bits per heavy atom. The Bertz CT molecular complexity index is 1390. The van der Waals surface area contributed by atoms with Crippen LogP contribution < -0.4 is 15.3 Å². The predicted molar refractivity (Wildman–Crippen MR) is 129 cm³/mol. The van der Waals surface area contributed by atoms with E-state index in [1.807, 2.05) is 0 Å². The van der Waals surface area contributed by atoms with Crippen LogP contribution >= 0.6 is 7.75 Å². The molecule has 0 saturated carbocycles. The number of esters is 1. The number of nitrogens with two attached hydrogens (primary N) is 1. The molecule has 0 radical (unpaired) electrons. The van der Waals surface area contributed by atoms with Gasteiger partial charge in [0.15, 0.2) is 29.9 Å². The monoisotopic (exact) mass is 548 g/mol. The van der Waals surface area contributed by atoms with Crippen molar-refractivity contribution in [2.75, 3.05) is 12.8 Å². The zero-order valence-corrected chi connectivity index (χ0v) is 21.4. The summed E-state index contributed by atoms with van der Waals surface area (Å²) in [6.45, 7) is 3.01. The third-order valence-corrected chi connectivity index (χ3v) is 7.76. The zero-order valence-electron chi connectivity index (χ0n) is 20.5. The molecule has 15 nitrogen and oxygen atoms in total. The van der Waals surface area contributed by atoms with E-state index in [9.17, 15) is 14.2 Å². The summed E-state index contributed by atoms with van der Waals surface area (Å²) in [5.41, 5.74) is 6.59. The van der Waals surface area contributed by atoms with Gasteiger partial charge in [-0.2, -0.15) is 5.09 Å². The third-order valence-electron chi connectivity index (χ3n) is 5.99. The minimum atomic E-state index is -4.22. The van der Waals surface area contributed by atoms with Gasteiger partial charge < -0.3 is 29.2 Å². The van der Waals surface area contributed by atoms with Crippen LogP contribution in [0.2, 0.25) is 0 Å². The fraction of sp³-hybridized carbons (Fsp3) is 0.409. The van der Waals surface area contributed by atoms with Gasteiger partial charge in [0.05, 0.1) is 19.5 Å². The lowest BCUT2D eigenvalue weighted by Gasteiger charge is -2.28. The summed E-state index contributed by atoms with van der Waals surface area (Å²) in [6, 6.07) is 7.24. The molecule has 2 aromatic heterocycles. The lowest BCUT2D eigenvalue weighted by Crippen LogP contribution is -2.40. The summed E-state index contributed by atoms with van der Waals surface area (Å²) in [5.74, 6) is -0.281. The van der Waals surface area contributed by atoms with Crippen LogP contribution in [0.4, 0.5) is 10.6 Å². The quantitative estimate of drug-likeness (QED) is 0.291. The van der Waals surface area contributed by atoms with Crippen molar-refractivity contribution in [3.05, 3.63) is 43.0 Å². The molecule has 2 saturated heterocycles. The van der Waals surface area contributed by atoms with Crippen molar-refractivity contribution in [2.24, 2.45) is 0 Å². The van der Waals surface area contributed by atoms with E-state index in [-0.39, 0.29) is 11.6 Å². The number of fused-ring (bicyclic) bond motifs is 2. The van der Waals surface area contributed by atoms with Crippen LogP contribution in [0.1, 0.15) is 20.1 Å². The van der Waals surface area contributed by atoms with Crippen molar-refractivity contribution in [3.63, 3.8) is 0 Å². The van der Waals surface area contributed by atoms with Crippen LogP contribution in [0.5, 0.6) is 5.75 Å². The number of aromatic nitrogens is 4. The van der Waals surface area contributed by atoms with Crippen LogP contribution in [0.3, 0.4) is 0 Å². The molecule has 0 spiro atoms. The molecule has 7 atom stereocenters. The van der Waals surface area contributed by atoms with Crippen molar-refractivity contribution in [1.29, 1.82) is 0 Å². The molecule has 0 amide bonds. The van der Waals surface area contributed by atoms with Gasteiger partial charge in [0.25, 0.3) is 0 Å². The minimum absolute atomic E-state index is 0.168. The zero-order chi connectivity index (χ0) is 27.0. The van der Waals surface area contributed by atoms with Gasteiger partial charge in [-0.1, -0.05) is 18.2 Å². The number of hydrogen-bond donors (Lipinski definition) is 2. The van der Waals surface area contributed by atoms with E-state index in [1.54, 1.807) is 37.3 Å². The molecule has 3 aromatic rings. The van der Waals surface area contributed by atoms with Gasteiger partial charge in [-0.3, -0.25) is 13.9 Å². The first-order chi connectivity index (χ1) is 18.2. The molecule has 1 aromatic carbocycles. The lowest BCUT2D eigenvalue weighted by molar-refractivity contribution is -0.142. The Morgan fingerprint density at radius 1 is 1.16 bits per heavy atom. The highest BCUT2D eigenvalue weighted by molar-refractivity contribution is 7.52. The maximum atomic E-state index is 13.9. The molecule has 38 heavy (non-hydrogen) atoms. The fourth-order valence-corrected chi connectivity index (χ4v) is 5.97. The van der Waals surface area contributed by atoms with Crippen LogP contribution in [-0.4, -0.2) is 69.2 Å². The molecule has 0 bridgehead atoms. The molecule has 2 aliphatic rings. The van der Waals surface area contributed by atoms with E-state index in [0.717, 1.165) is 0 Å². The first kappa shape index (κ1) is 25.9. The van der Waals surface area contributed by atoms with Gasteiger partial charge in [0.2, 0.25) is 0 Å². The van der Waals surface area contributed by atoms with E-state index in [1.165, 1.54) is 31.3 Å². The van der Waals surface area contributed by atoms with E-state index < -0.39 is 56.6 Å². The van der Waals surface area contributed by atoms with Crippen molar-refractivity contribution in [3.8, 4) is 5.75 Å². The molecule has 2 fully saturated rings. The number of nitrogens with zero attached hydrogens (tertiary/aromatic N) is 4. The van der Waals surface area contributed by atoms with Gasteiger partial charge in [0.1, 0.15) is 29.7 Å². The van der Waals surface area contributed by atoms with E-state index >= 15 is 0 Å². The number of rotatable bonds is 9. The molecule has 0 aliphatic carbocycles. The molecule has 2 aliphatic heterocycles. The molecule has 202 valence electrons. The number of hydrogen-bond acceptors (Lipinski definition) is 13. The standard InChI is InChI=1S/C22H25N6O9P/c1-11(21(29)32-3)27-38(31,37-13-7-5-4-6-8-13)36-12(2)15-16-17(35-22(30)34-16)20(33-15)28-10-26-14-18(23)24-9-25-19(14)28/h4-12,15-17,20H,1-3H3,(H,27,31)(H2,23,24,25). The topological polar surface area (TPSA) is 188 Å². The molecule has 7 unspecified atom stereocenters. The minimum Gasteiger partial charge on any atom is -0.468 e. The number of anilines is 1. The average molecular weight is 548 g/mol. The normalized spacial score (nSPS) is 25.6. The van der Waals surface area contributed by atoms with Gasteiger partial charge >= 0.3 is 19.9 Å². The highest BCUT2D eigenvalue weighted by atomic mass is 31.2. The molecular formula is C22H25N6O9P. The van der Waals surface area contributed by atoms with Gasteiger partial charge in [-0.15, -0.1) is 0 Å². The Hall–Kier alpha value is -3.78. The highest BCUT2D eigenvalue weighted by Gasteiger charge is 2.58. The Balaban J connectivity index is 1.42. The van der Waals surface area contributed by atoms with Crippen LogP contribution in [0.25, 0.3) is 11.2 Å². The number of methoxy groups -OCH3 is 1. The van der Waals surface area contributed by atoms with E-state index in [0.29, 0.717) is 11.2 Å². The van der Waals surface area contributed by atoms with Crippen molar-refractivity contribution >= 4 is 36.9 Å². The number of nitrogen functional groups attached to an aromatic ring is 1. The summed E-state index contributed by atoms with van der Waals surface area (Å²) in [7, 11) is -3.02. The first-order valence-electron chi connectivity index (χ1n) is 11.5. The van der Waals surface area contributed by atoms with Crippen LogP contribution in [-0.2, 0) is 32.8 Å². The Labute approximate surface area is 216 Å². The Kier molecular flexibility index (Phi) is 6.92. The second-order valence-corrected chi connectivity index (χ2v) is 10.2. The highest BCUT2D eigenvalue weighted by Crippen LogP contribution is 2.49. The third kappa shape index (κ3) is 4.88. The van der Waals surface area contributed by atoms with Gasteiger partial charge in [-0.25, -0.2) is 24.3 Å². The number of benzene rings is 1. The van der Waals surface area contributed by atoms with Gasteiger partial charge in [0, 0.05) is 0 Å². The fourth-order valence-electron chi connectivity index (χ4n) is 4.28. The maximum Gasteiger partial charge on any atom is 0.509 e. The summed E-state index contributed by atoms with van der Waals surface area (Å²) < 4.78 is 48.6. The van der Waals surface area contributed by atoms with E-state index in [4.69, 9.17) is 33.7 Å². The summed E-state index contributed by atoms with van der Waals surface area (Å²) in [4.78, 5) is 36.5. The average Bonchev–Trinajstić information content (AvgIpc) is 3.57. The Morgan fingerprint density at radius 2 is 1.89 bits per heavy atom. The second kappa shape index (κ2) is 10.2. The molecular weight excluding hydrogens is 523 g/mol. The number of carbonyl (C=O) groups is 2. The van der Waals surface area contributed by atoms with E-state index in [2.05, 4.69) is 20.0 Å². The molecule has 4 heterocycles. The predicted octanol–water partition coefficient (Wildman–Crippen LogP) is 1.95. The maximum absolute atomic E-state index is 13.9. The SMILES string of the molecule is COC(=O)C(C)NP(=O)(Oc1ccccc1)OC(C)C1OC(n2cnc3c(N)ncnc32)C2OC(=O)OC12. The second-order valence-electron chi connectivity index (χ2n) is 8.58. The number of nitrogens with one attached hydrogen (secondary N) is 1. The van der Waals surface area contributed by atoms with Crippen molar-refractivity contribution in [2.45, 2.75) is 50.5 Å². The smallest absolute Gasteiger partial charge is 0.468 e. The molecule has 16 heteroatoms. The lowest BCUT2D eigenvalue weighted by atomic mass is 10.1. The summed E-state index contributed by atoms with van der Waals surface area (Å²) >= 11 is 0. The number of carbonyl (C=O) groups excluding carboxylic acids is 2. The largest absolute Gasteiger partial charge is 0.509 e. The number of ether oxygens (including phenoxy) is 4. The summed E-state index contributed by atoms with van der Waals surface area (Å²) in [5, 5.41) is 2.58. The van der Waals surface area contributed by atoms with Crippen LogP contribution in [0.15, 0.2) is 43.0 Å². The summed E-state index contributed by atoms with van der Waals surface area (Å²) in [6.07, 6.45) is -2.90. The van der Waals surface area contributed by atoms with Gasteiger partial charge in [-0.05, 0) is 26.0 Å². The molecule has 5 rings (SSSR count). The van der Waals surface area contributed by atoms with Crippen molar-refractivity contribution < 1.29 is 42.1 Å².